The lowest BCUT2D eigenvalue weighted by molar-refractivity contribution is 0.00845. The molecule has 1 rings (SSSR count). The van der Waals surface area contributed by atoms with Crippen LogP contribution in [0.15, 0.2) is 16.9 Å². The monoisotopic (exact) mass is 362 g/mol. The van der Waals surface area contributed by atoms with Gasteiger partial charge < -0.3 is 18.9 Å². The largest absolute Gasteiger partial charge is 0.461 e. The Balaban J connectivity index is 1.81. The zero-order valence-corrected chi connectivity index (χ0v) is 14.0. The Bertz CT molecular complexity index is 351. The molecule has 120 valence electrons. The van der Waals surface area contributed by atoms with Gasteiger partial charge in [0.25, 0.3) is 0 Å². The summed E-state index contributed by atoms with van der Waals surface area (Å²) in [7, 11) is 0. The molecule has 1 heterocycles. The highest BCUT2D eigenvalue weighted by Gasteiger charge is 1.97. The summed E-state index contributed by atoms with van der Waals surface area (Å²) in [4.78, 5) is 7.99. The summed E-state index contributed by atoms with van der Waals surface area (Å²) >= 11 is 3.26. The summed E-state index contributed by atoms with van der Waals surface area (Å²) in [5.74, 6) is 0. The molecule has 0 radical (unpaired) electrons. The molecule has 0 N–H and O–H groups in total. The summed E-state index contributed by atoms with van der Waals surface area (Å²) in [5, 5.41) is 0. The molecule has 0 aliphatic carbocycles. The van der Waals surface area contributed by atoms with E-state index in [1.807, 2.05) is 0 Å². The third-order valence-electron chi connectivity index (χ3n) is 2.44. The summed E-state index contributed by atoms with van der Waals surface area (Å²) in [6.07, 6.45) is 5.53. The minimum absolute atomic E-state index is 0.349. The molecule has 0 saturated carbocycles. The van der Waals surface area contributed by atoms with Gasteiger partial charge in [-0.1, -0.05) is 13.3 Å². The van der Waals surface area contributed by atoms with Crippen LogP contribution in [0.1, 0.15) is 19.8 Å². The van der Waals surface area contributed by atoms with Gasteiger partial charge in [0.05, 0.1) is 37.5 Å². The van der Waals surface area contributed by atoms with E-state index in [4.69, 9.17) is 18.9 Å². The van der Waals surface area contributed by atoms with Gasteiger partial charge >= 0.3 is 6.01 Å². The molecule has 0 unspecified atom stereocenters. The lowest BCUT2D eigenvalue weighted by Crippen LogP contribution is -2.13. The first kappa shape index (κ1) is 18.3. The Morgan fingerprint density at radius 2 is 1.38 bits per heavy atom. The van der Waals surface area contributed by atoms with Crippen molar-refractivity contribution in [3.05, 3.63) is 16.9 Å². The van der Waals surface area contributed by atoms with E-state index >= 15 is 0 Å². The van der Waals surface area contributed by atoms with Crippen LogP contribution in [0.5, 0.6) is 6.01 Å². The SMILES string of the molecule is CCCCOCCOCCOCCOc1ncc(Br)cn1. The molecule has 0 amide bonds. The molecule has 7 heteroatoms. The second-order valence-electron chi connectivity index (χ2n) is 4.22. The van der Waals surface area contributed by atoms with E-state index in [0.29, 0.717) is 45.7 Å². The predicted octanol–water partition coefficient (Wildman–Crippen LogP) is 2.47. The van der Waals surface area contributed by atoms with Crippen LogP contribution in [0, 0.1) is 0 Å². The lowest BCUT2D eigenvalue weighted by Gasteiger charge is -2.07. The van der Waals surface area contributed by atoms with Crippen LogP contribution >= 0.6 is 15.9 Å². The van der Waals surface area contributed by atoms with Crippen LogP contribution < -0.4 is 4.74 Å². The first-order valence-corrected chi connectivity index (χ1v) is 7.95. The quantitative estimate of drug-likeness (QED) is 0.502. The Morgan fingerprint density at radius 3 is 1.95 bits per heavy atom. The average Bonchev–Trinajstić information content (AvgIpc) is 2.50. The highest BCUT2D eigenvalue weighted by Crippen LogP contribution is 2.07. The number of rotatable bonds is 13. The van der Waals surface area contributed by atoms with E-state index in [1.54, 1.807) is 12.4 Å². The van der Waals surface area contributed by atoms with Crippen molar-refractivity contribution < 1.29 is 18.9 Å². The fraction of sp³-hybridized carbons (Fsp3) is 0.714. The predicted molar refractivity (Wildman–Crippen MR) is 82.6 cm³/mol. The molecule has 1 aromatic heterocycles. The summed E-state index contributed by atoms with van der Waals surface area (Å²) in [5.41, 5.74) is 0. The van der Waals surface area contributed by atoms with Crippen molar-refractivity contribution in [2.24, 2.45) is 0 Å². The van der Waals surface area contributed by atoms with Crippen molar-refractivity contribution in [3.63, 3.8) is 0 Å². The van der Waals surface area contributed by atoms with Crippen molar-refractivity contribution in [2.45, 2.75) is 19.8 Å². The number of ether oxygens (including phenoxy) is 4. The highest BCUT2D eigenvalue weighted by atomic mass is 79.9. The fourth-order valence-electron chi connectivity index (χ4n) is 1.36. The van der Waals surface area contributed by atoms with Gasteiger partial charge in [-0.05, 0) is 22.4 Å². The van der Waals surface area contributed by atoms with Crippen LogP contribution in [0.2, 0.25) is 0 Å². The molecule has 1 aromatic rings. The molecule has 0 bridgehead atoms. The van der Waals surface area contributed by atoms with Crippen molar-refractivity contribution in [1.82, 2.24) is 9.97 Å². The van der Waals surface area contributed by atoms with Crippen molar-refractivity contribution in [1.29, 1.82) is 0 Å². The average molecular weight is 363 g/mol. The van der Waals surface area contributed by atoms with Crippen LogP contribution in [0.3, 0.4) is 0 Å². The number of halogens is 1. The molecule has 0 spiro atoms. The number of hydrogen-bond acceptors (Lipinski definition) is 6. The Hall–Kier alpha value is -0.760. The van der Waals surface area contributed by atoms with Gasteiger partial charge in [-0.2, -0.15) is 0 Å². The number of hydrogen-bond donors (Lipinski definition) is 0. The van der Waals surface area contributed by atoms with E-state index < -0.39 is 0 Å². The van der Waals surface area contributed by atoms with E-state index in [-0.39, 0.29) is 0 Å². The Kier molecular flexibility index (Phi) is 11.3. The maximum atomic E-state index is 5.37. The molecule has 0 atom stereocenters. The highest BCUT2D eigenvalue weighted by molar-refractivity contribution is 9.10. The van der Waals surface area contributed by atoms with Crippen molar-refractivity contribution >= 4 is 15.9 Å². The summed E-state index contributed by atoms with van der Waals surface area (Å²) < 4.78 is 22.2. The number of unbranched alkanes of at least 4 members (excludes halogenated alkanes) is 1. The van der Waals surface area contributed by atoms with E-state index in [9.17, 15) is 0 Å². The molecule has 0 fully saturated rings. The van der Waals surface area contributed by atoms with Gasteiger partial charge in [0, 0.05) is 19.0 Å². The molecule has 0 aliphatic rings. The molecule has 6 nitrogen and oxygen atoms in total. The van der Waals surface area contributed by atoms with Gasteiger partial charge in [-0.25, -0.2) is 9.97 Å². The number of aromatic nitrogens is 2. The first-order valence-electron chi connectivity index (χ1n) is 7.16. The zero-order chi connectivity index (χ0) is 15.2. The number of nitrogens with zero attached hydrogens (tertiary/aromatic N) is 2. The molecular weight excluding hydrogens is 340 g/mol. The minimum Gasteiger partial charge on any atom is -0.461 e. The Labute approximate surface area is 134 Å². The van der Waals surface area contributed by atoms with Gasteiger partial charge in [-0.3, -0.25) is 0 Å². The molecule has 0 aliphatic heterocycles. The van der Waals surface area contributed by atoms with Gasteiger partial charge in [0.15, 0.2) is 0 Å². The second-order valence-corrected chi connectivity index (χ2v) is 5.14. The van der Waals surface area contributed by atoms with Gasteiger partial charge in [-0.15, -0.1) is 0 Å². The molecular formula is C14H23BrN2O4. The second kappa shape index (κ2) is 12.9. The van der Waals surface area contributed by atoms with E-state index in [0.717, 1.165) is 23.9 Å². The van der Waals surface area contributed by atoms with Crippen LogP contribution in [-0.4, -0.2) is 56.2 Å². The zero-order valence-electron chi connectivity index (χ0n) is 12.4. The normalized spacial score (nSPS) is 10.8. The molecule has 0 aromatic carbocycles. The van der Waals surface area contributed by atoms with Gasteiger partial charge in [0.1, 0.15) is 6.61 Å². The van der Waals surface area contributed by atoms with Crippen molar-refractivity contribution in [2.75, 3.05) is 46.2 Å². The smallest absolute Gasteiger partial charge is 0.316 e. The lowest BCUT2D eigenvalue weighted by atomic mass is 10.4. The first-order chi connectivity index (χ1) is 10.3. The summed E-state index contributed by atoms with van der Waals surface area (Å²) in [6, 6.07) is 0.349. The topological polar surface area (TPSA) is 62.7 Å². The standard InChI is InChI=1S/C14H23BrN2O4/c1-2-3-4-18-5-6-19-7-8-20-9-10-21-14-16-11-13(15)12-17-14/h11-12H,2-10H2,1H3. The van der Waals surface area contributed by atoms with Crippen LogP contribution in [0.4, 0.5) is 0 Å². The maximum Gasteiger partial charge on any atom is 0.316 e. The maximum absolute atomic E-state index is 5.37. The summed E-state index contributed by atoms with van der Waals surface area (Å²) in [6.45, 7) is 6.21. The Morgan fingerprint density at radius 1 is 0.857 bits per heavy atom. The van der Waals surface area contributed by atoms with E-state index in [1.165, 1.54) is 0 Å². The third kappa shape index (κ3) is 10.6. The van der Waals surface area contributed by atoms with E-state index in [2.05, 4.69) is 32.8 Å². The van der Waals surface area contributed by atoms with Crippen molar-refractivity contribution in [3.8, 4) is 6.01 Å². The van der Waals surface area contributed by atoms with Gasteiger partial charge in [0.2, 0.25) is 0 Å². The molecule has 21 heavy (non-hydrogen) atoms. The third-order valence-corrected chi connectivity index (χ3v) is 2.85. The minimum atomic E-state index is 0.349. The fourth-order valence-corrected chi connectivity index (χ4v) is 1.56. The van der Waals surface area contributed by atoms with Crippen LogP contribution in [0.25, 0.3) is 0 Å². The van der Waals surface area contributed by atoms with Crippen LogP contribution in [-0.2, 0) is 14.2 Å². The molecule has 0 saturated heterocycles.